The number of carbonyl (C=O) groups is 9. The maximum absolute atomic E-state index is 14.8. The number of aliphatic carboxylic acids is 1. The number of benzene rings is 2. The minimum Gasteiger partial charge on any atom is -0.480 e. The fourth-order valence-corrected chi connectivity index (χ4v) is 9.94. The Bertz CT molecular complexity index is 2580. The van der Waals surface area contributed by atoms with Crippen LogP contribution in [-0.2, 0) is 56.0 Å². The summed E-state index contributed by atoms with van der Waals surface area (Å²) in [6, 6.07) is 5.84. The average molecular weight is 1190 g/mol. The van der Waals surface area contributed by atoms with Crippen LogP contribution in [0, 0.1) is 23.7 Å². The number of aromatic nitrogens is 1. The fraction of sp³-hybridized carbons (Fsp3) is 0.629. The Morgan fingerprint density at radius 3 is 1.34 bits per heavy atom. The summed E-state index contributed by atoms with van der Waals surface area (Å²) < 4.78 is 0. The summed E-state index contributed by atoms with van der Waals surface area (Å²) >= 11 is 0. The van der Waals surface area contributed by atoms with Crippen LogP contribution < -0.4 is 65.5 Å². The van der Waals surface area contributed by atoms with E-state index in [9.17, 15) is 48.3 Å². The number of hydrogen-bond acceptors (Lipinski definition) is 13. The first kappa shape index (κ1) is 72.3. The topological polar surface area (TPSA) is 390 Å². The monoisotopic (exact) mass is 1190 g/mol. The Labute approximate surface area is 502 Å². The molecule has 0 spiro atoms. The highest BCUT2D eigenvalue weighted by Gasteiger charge is 2.37. The van der Waals surface area contributed by atoms with Crippen molar-refractivity contribution < 1.29 is 48.3 Å². The van der Waals surface area contributed by atoms with Crippen molar-refractivity contribution in [2.24, 2.45) is 46.6 Å². The summed E-state index contributed by atoms with van der Waals surface area (Å²) in [6.07, 6.45) is 5.95. The molecule has 0 aliphatic carbocycles. The number of nitrogens with one attached hydrogen (secondary N) is 9. The third-order valence-electron chi connectivity index (χ3n) is 14.9. The van der Waals surface area contributed by atoms with Gasteiger partial charge in [0.2, 0.25) is 47.3 Å². The van der Waals surface area contributed by atoms with Crippen LogP contribution in [0.2, 0.25) is 0 Å². The fourth-order valence-electron chi connectivity index (χ4n) is 9.94. The molecule has 8 amide bonds. The van der Waals surface area contributed by atoms with Gasteiger partial charge < -0.3 is 75.6 Å². The van der Waals surface area contributed by atoms with Gasteiger partial charge in [0.1, 0.15) is 48.3 Å². The molecule has 2 aromatic carbocycles. The molecular weight excluding hydrogens is 1090 g/mol. The lowest BCUT2D eigenvalue weighted by atomic mass is 9.96. The summed E-state index contributed by atoms with van der Waals surface area (Å²) in [4.78, 5) is 130. The van der Waals surface area contributed by atoms with E-state index < -0.39 is 114 Å². The van der Waals surface area contributed by atoms with Gasteiger partial charge in [0.25, 0.3) is 0 Å². The predicted octanol–water partition coefficient (Wildman–Crippen LogP) is 2.81. The van der Waals surface area contributed by atoms with Crippen molar-refractivity contribution in [3.8, 4) is 0 Å². The highest BCUT2D eigenvalue weighted by molar-refractivity contribution is 5.98. The first-order valence-corrected chi connectivity index (χ1v) is 30.5. The van der Waals surface area contributed by atoms with E-state index in [0.717, 1.165) is 16.5 Å². The van der Waals surface area contributed by atoms with Gasteiger partial charge in [-0.25, -0.2) is 4.79 Å². The molecule has 18 N–H and O–H groups in total. The Morgan fingerprint density at radius 2 is 0.859 bits per heavy atom. The summed E-state index contributed by atoms with van der Waals surface area (Å²) in [5, 5.41) is 33.2. The number of nitrogens with two attached hydrogens (primary N) is 4. The van der Waals surface area contributed by atoms with E-state index in [4.69, 9.17) is 22.9 Å². The van der Waals surface area contributed by atoms with Gasteiger partial charge in [-0.3, -0.25) is 38.4 Å². The van der Waals surface area contributed by atoms with Crippen LogP contribution in [0.15, 0.2) is 60.8 Å². The SMILES string of the molecule is CC[C@H](C)[C@H](NC(=O)[C@H](CCCCN)NC(=O)[C@H](CCCCN)NC(=O)[C@H](CC(C)C)NC(=O)[C@H](Cc1ccccc1)NC(=O)[C@H](CCCCN)NC(=O)[C@H](Cc1c[nH]c2ccccc12)NC(=O)[C@@H](N)CC(C)C)C(=O)N[C@@H](CC(C)C)C(=O)O. The van der Waals surface area contributed by atoms with Crippen molar-refractivity contribution in [1.29, 1.82) is 0 Å². The van der Waals surface area contributed by atoms with Crippen molar-refractivity contribution >= 4 is 64.1 Å². The van der Waals surface area contributed by atoms with E-state index in [1.54, 1.807) is 43.5 Å². The van der Waals surface area contributed by atoms with Crippen LogP contribution >= 0.6 is 0 Å². The molecule has 23 nitrogen and oxygen atoms in total. The molecule has 0 fully saturated rings. The number of amides is 8. The van der Waals surface area contributed by atoms with Crippen molar-refractivity contribution in [3.63, 3.8) is 0 Å². The maximum atomic E-state index is 14.8. The zero-order valence-corrected chi connectivity index (χ0v) is 51.4. The molecule has 1 aromatic heterocycles. The molecule has 23 heteroatoms. The Hall–Kier alpha value is -6.95. The number of para-hydroxylation sites is 1. The molecule has 474 valence electrons. The van der Waals surface area contributed by atoms with Gasteiger partial charge in [-0.2, -0.15) is 0 Å². The maximum Gasteiger partial charge on any atom is 0.326 e. The number of H-pyrrole nitrogens is 1. The van der Waals surface area contributed by atoms with Gasteiger partial charge in [-0.1, -0.05) is 110 Å². The molecule has 3 rings (SSSR count). The largest absolute Gasteiger partial charge is 0.480 e. The zero-order chi connectivity index (χ0) is 63.2. The molecule has 0 aliphatic rings. The van der Waals surface area contributed by atoms with E-state index in [0.29, 0.717) is 76.6 Å². The number of unbranched alkanes of at least 4 members (excludes halogenated alkanes) is 3. The van der Waals surface area contributed by atoms with Crippen LogP contribution in [-0.4, -0.2) is 137 Å². The van der Waals surface area contributed by atoms with Crippen LogP contribution in [0.4, 0.5) is 0 Å². The first-order chi connectivity index (χ1) is 40.4. The third-order valence-corrected chi connectivity index (χ3v) is 14.9. The molecule has 0 radical (unpaired) electrons. The van der Waals surface area contributed by atoms with Crippen LogP contribution in [0.1, 0.15) is 150 Å². The summed E-state index contributed by atoms with van der Waals surface area (Å²) in [6.45, 7) is 15.7. The second-order valence-corrected chi connectivity index (χ2v) is 23.7. The molecule has 3 aromatic rings. The molecule has 0 saturated heterocycles. The number of carboxylic acids is 1. The van der Waals surface area contributed by atoms with E-state index in [1.807, 2.05) is 72.7 Å². The zero-order valence-electron chi connectivity index (χ0n) is 51.4. The summed E-state index contributed by atoms with van der Waals surface area (Å²) in [5.74, 6) is -7.19. The quantitative estimate of drug-likeness (QED) is 0.0364. The lowest BCUT2D eigenvalue weighted by Crippen LogP contribution is -2.61. The smallest absolute Gasteiger partial charge is 0.326 e. The first-order valence-electron chi connectivity index (χ1n) is 30.5. The molecule has 1 heterocycles. The summed E-state index contributed by atoms with van der Waals surface area (Å²) in [7, 11) is 0. The molecular formula is C62H101N13O10. The molecule has 0 bridgehead atoms. The van der Waals surface area contributed by atoms with E-state index >= 15 is 0 Å². The van der Waals surface area contributed by atoms with Gasteiger partial charge >= 0.3 is 5.97 Å². The van der Waals surface area contributed by atoms with Gasteiger partial charge in [0.15, 0.2) is 0 Å². The van der Waals surface area contributed by atoms with E-state index in [1.165, 1.54) is 0 Å². The molecule has 85 heavy (non-hydrogen) atoms. The van der Waals surface area contributed by atoms with Crippen molar-refractivity contribution in [3.05, 3.63) is 71.9 Å². The van der Waals surface area contributed by atoms with Crippen molar-refractivity contribution in [2.45, 2.75) is 206 Å². The van der Waals surface area contributed by atoms with E-state index in [2.05, 4.69) is 47.5 Å². The lowest BCUT2D eigenvalue weighted by Gasteiger charge is -2.29. The lowest BCUT2D eigenvalue weighted by molar-refractivity contribution is -0.143. The Balaban J connectivity index is 1.98. The van der Waals surface area contributed by atoms with Gasteiger partial charge in [0.05, 0.1) is 6.04 Å². The number of aromatic amines is 1. The minimum atomic E-state index is -1.30. The number of carbonyl (C=O) groups excluding carboxylic acids is 8. The van der Waals surface area contributed by atoms with Crippen LogP contribution in [0.25, 0.3) is 10.9 Å². The molecule has 0 saturated carbocycles. The number of hydrogen-bond donors (Lipinski definition) is 14. The minimum absolute atomic E-state index is 0.0275. The number of rotatable bonds is 41. The normalized spacial score (nSPS) is 15.0. The van der Waals surface area contributed by atoms with Crippen LogP contribution in [0.3, 0.4) is 0 Å². The predicted molar refractivity (Wildman–Crippen MR) is 330 cm³/mol. The van der Waals surface area contributed by atoms with Crippen LogP contribution in [0.5, 0.6) is 0 Å². The highest BCUT2D eigenvalue weighted by atomic mass is 16.4. The average Bonchev–Trinajstić information content (AvgIpc) is 3.84. The van der Waals surface area contributed by atoms with Gasteiger partial charge in [0, 0.05) is 29.9 Å². The van der Waals surface area contributed by atoms with Gasteiger partial charge in [-0.15, -0.1) is 0 Å². The second-order valence-electron chi connectivity index (χ2n) is 23.7. The summed E-state index contributed by atoms with van der Waals surface area (Å²) in [5.41, 5.74) is 26.1. The number of carboxylic acid groups (broad SMARTS) is 1. The highest BCUT2D eigenvalue weighted by Crippen LogP contribution is 2.21. The second kappa shape index (κ2) is 38.2. The molecule has 0 aliphatic heterocycles. The van der Waals surface area contributed by atoms with Gasteiger partial charge in [-0.05, 0) is 138 Å². The van der Waals surface area contributed by atoms with E-state index in [-0.39, 0.29) is 62.7 Å². The Morgan fingerprint density at radius 1 is 0.459 bits per heavy atom. The standard InChI is InChI=1S/C62H101N13O10/c1-9-40(8)53(61(83)74-52(62(84)85)33-39(6)7)75-57(79)48(27-17-20-30-65)68-55(77)46(25-15-18-28-63)69-58(80)49(32-38(4)5)72-59(81)50(34-41-21-11-10-12-22-41)73-56(78)47(26-16-19-29-64)70-60(82)51(71-54(76)44(66)31-37(2)3)35-42-36-67-45-24-14-13-23-43(42)45/h10-14,21-24,36-40,44,46-53,67H,9,15-20,25-35,63-66H2,1-8H3,(H,68,77)(H,69,80)(H,70,82)(H,71,76)(H,72,81)(H,73,78)(H,74,83)(H,75,79)(H,84,85)/t40-,44-,46-,47-,48-,49-,50-,51-,52-,53-/m0/s1. The molecule has 0 unspecified atom stereocenters. The third kappa shape index (κ3) is 25.7. The van der Waals surface area contributed by atoms with Crippen molar-refractivity contribution in [2.75, 3.05) is 19.6 Å². The molecule has 10 atom stereocenters. The number of fused-ring (bicyclic) bond motifs is 1. The van der Waals surface area contributed by atoms with Crippen molar-refractivity contribution in [1.82, 2.24) is 47.5 Å². The Kier molecular flexibility index (Phi) is 32.5.